The number of hydrogen-bond donors (Lipinski definition) is 1. The summed E-state index contributed by atoms with van der Waals surface area (Å²) in [4.78, 5) is 5.19. The maximum atomic E-state index is 6.15. The first kappa shape index (κ1) is 16.9. The van der Waals surface area contributed by atoms with Crippen LogP contribution in [-0.2, 0) is 0 Å². The quantitative estimate of drug-likeness (QED) is 0.771. The summed E-state index contributed by atoms with van der Waals surface area (Å²) in [5, 5.41) is 0. The molecule has 2 atom stereocenters. The Morgan fingerprint density at radius 1 is 1.26 bits per heavy atom. The average molecular weight is 269 g/mol. The highest BCUT2D eigenvalue weighted by molar-refractivity contribution is 4.77. The van der Waals surface area contributed by atoms with E-state index in [4.69, 9.17) is 5.73 Å². The third-order valence-corrected chi connectivity index (χ3v) is 4.62. The van der Waals surface area contributed by atoms with Crippen molar-refractivity contribution >= 4 is 0 Å². The second-order valence-electron chi connectivity index (χ2n) is 6.60. The molecular formula is C16H35N3. The van der Waals surface area contributed by atoms with Crippen LogP contribution < -0.4 is 5.73 Å². The topological polar surface area (TPSA) is 32.5 Å². The molecule has 3 heteroatoms. The van der Waals surface area contributed by atoms with Crippen LogP contribution in [0, 0.1) is 5.92 Å². The zero-order valence-electron chi connectivity index (χ0n) is 13.6. The van der Waals surface area contributed by atoms with Crippen molar-refractivity contribution in [3.8, 4) is 0 Å². The van der Waals surface area contributed by atoms with Gasteiger partial charge in [-0.25, -0.2) is 0 Å². The van der Waals surface area contributed by atoms with E-state index in [2.05, 4.69) is 37.6 Å². The van der Waals surface area contributed by atoms with Crippen LogP contribution in [-0.4, -0.2) is 55.1 Å². The van der Waals surface area contributed by atoms with Gasteiger partial charge in [0, 0.05) is 12.1 Å². The van der Waals surface area contributed by atoms with Crippen LogP contribution in [0.1, 0.15) is 52.9 Å². The molecule has 1 fully saturated rings. The Labute approximate surface area is 120 Å². The second-order valence-corrected chi connectivity index (χ2v) is 6.60. The molecule has 0 spiro atoms. The van der Waals surface area contributed by atoms with Gasteiger partial charge in [0.25, 0.3) is 0 Å². The molecule has 2 N–H and O–H groups in total. The van der Waals surface area contributed by atoms with Crippen LogP contribution in [0.2, 0.25) is 0 Å². The molecule has 0 radical (unpaired) electrons. The molecule has 0 aromatic carbocycles. The van der Waals surface area contributed by atoms with Gasteiger partial charge in [-0.15, -0.1) is 0 Å². The predicted octanol–water partition coefficient (Wildman–Crippen LogP) is 2.56. The molecule has 114 valence electrons. The summed E-state index contributed by atoms with van der Waals surface area (Å²) in [7, 11) is 2.28. The molecule has 0 amide bonds. The Bertz CT molecular complexity index is 230. The zero-order valence-corrected chi connectivity index (χ0v) is 13.6. The number of likely N-dealkylation sites (tertiary alicyclic amines) is 1. The molecule has 3 nitrogen and oxygen atoms in total. The molecule has 1 rings (SSSR count). The van der Waals surface area contributed by atoms with E-state index in [1.54, 1.807) is 0 Å². The summed E-state index contributed by atoms with van der Waals surface area (Å²) in [5.74, 6) is 0.600. The fraction of sp³-hybridized carbons (Fsp3) is 1.00. The molecule has 1 saturated heterocycles. The summed E-state index contributed by atoms with van der Waals surface area (Å²) in [6.07, 6.45) is 6.44. The van der Waals surface area contributed by atoms with Crippen molar-refractivity contribution in [2.75, 3.05) is 33.2 Å². The minimum Gasteiger partial charge on any atom is -0.327 e. The Hall–Kier alpha value is -0.120. The van der Waals surface area contributed by atoms with E-state index in [0.717, 1.165) is 19.0 Å². The molecule has 1 aliphatic rings. The van der Waals surface area contributed by atoms with E-state index in [1.165, 1.54) is 45.3 Å². The van der Waals surface area contributed by atoms with E-state index in [1.807, 2.05) is 0 Å². The molecule has 0 saturated carbocycles. The van der Waals surface area contributed by atoms with E-state index in [9.17, 15) is 0 Å². The smallest absolute Gasteiger partial charge is 0.0105 e. The molecule has 0 bridgehead atoms. The van der Waals surface area contributed by atoms with Crippen LogP contribution in [0.25, 0.3) is 0 Å². The van der Waals surface area contributed by atoms with Crippen LogP contribution in [0.5, 0.6) is 0 Å². The average Bonchev–Trinajstić information content (AvgIpc) is 2.61. The molecule has 0 aromatic heterocycles. The third-order valence-electron chi connectivity index (χ3n) is 4.62. The van der Waals surface area contributed by atoms with Gasteiger partial charge in [0.05, 0.1) is 0 Å². The molecule has 2 unspecified atom stereocenters. The van der Waals surface area contributed by atoms with Crippen molar-refractivity contribution in [1.82, 2.24) is 9.80 Å². The lowest BCUT2D eigenvalue weighted by atomic mass is 10.0. The number of rotatable bonds is 7. The van der Waals surface area contributed by atoms with Crippen LogP contribution >= 0.6 is 0 Å². The molecule has 0 aliphatic carbocycles. The normalized spacial score (nSPS) is 23.8. The Morgan fingerprint density at radius 3 is 2.63 bits per heavy atom. The lowest BCUT2D eigenvalue weighted by Gasteiger charge is -2.29. The van der Waals surface area contributed by atoms with Gasteiger partial charge in [0.15, 0.2) is 0 Å². The first-order chi connectivity index (χ1) is 9.04. The predicted molar refractivity (Wildman–Crippen MR) is 84.4 cm³/mol. The Morgan fingerprint density at radius 2 is 2.00 bits per heavy atom. The van der Waals surface area contributed by atoms with Crippen LogP contribution in [0.4, 0.5) is 0 Å². The molecule has 0 aromatic rings. The third kappa shape index (κ3) is 6.24. The summed E-state index contributed by atoms with van der Waals surface area (Å²) in [5.41, 5.74) is 6.15. The minimum absolute atomic E-state index is 0.352. The van der Waals surface area contributed by atoms with Gasteiger partial charge in [-0.05, 0) is 71.2 Å². The van der Waals surface area contributed by atoms with Crippen molar-refractivity contribution in [3.05, 3.63) is 0 Å². The maximum Gasteiger partial charge on any atom is 0.0105 e. The summed E-state index contributed by atoms with van der Waals surface area (Å²) in [6, 6.07) is 1.12. The standard InChI is InChI=1S/C16H35N3/c1-5-10-19-11-6-7-15(8-13-19)18(4)12-9-16(17)14(2)3/h14-16H,5-13,17H2,1-4H3. The van der Waals surface area contributed by atoms with Gasteiger partial charge in [0.1, 0.15) is 0 Å². The lowest BCUT2D eigenvalue weighted by molar-refractivity contribution is 0.204. The summed E-state index contributed by atoms with van der Waals surface area (Å²) in [6.45, 7) is 11.7. The largest absolute Gasteiger partial charge is 0.327 e. The van der Waals surface area contributed by atoms with Gasteiger partial charge in [-0.1, -0.05) is 20.8 Å². The fourth-order valence-corrected chi connectivity index (χ4v) is 2.99. The van der Waals surface area contributed by atoms with E-state index in [-0.39, 0.29) is 0 Å². The van der Waals surface area contributed by atoms with Crippen molar-refractivity contribution in [3.63, 3.8) is 0 Å². The molecular weight excluding hydrogens is 234 g/mol. The highest BCUT2D eigenvalue weighted by Crippen LogP contribution is 2.17. The van der Waals surface area contributed by atoms with E-state index >= 15 is 0 Å². The van der Waals surface area contributed by atoms with E-state index < -0.39 is 0 Å². The molecule has 19 heavy (non-hydrogen) atoms. The summed E-state index contributed by atoms with van der Waals surface area (Å²) < 4.78 is 0. The number of nitrogens with zero attached hydrogens (tertiary/aromatic N) is 2. The lowest BCUT2D eigenvalue weighted by Crippen LogP contribution is -2.37. The van der Waals surface area contributed by atoms with Gasteiger partial charge in [0.2, 0.25) is 0 Å². The number of hydrogen-bond acceptors (Lipinski definition) is 3. The molecule has 1 aliphatic heterocycles. The fourth-order valence-electron chi connectivity index (χ4n) is 2.99. The van der Waals surface area contributed by atoms with Gasteiger partial charge in [-0.2, -0.15) is 0 Å². The number of nitrogens with two attached hydrogens (primary N) is 1. The zero-order chi connectivity index (χ0) is 14.3. The highest BCUT2D eigenvalue weighted by Gasteiger charge is 2.20. The van der Waals surface area contributed by atoms with Crippen molar-refractivity contribution in [1.29, 1.82) is 0 Å². The first-order valence-corrected chi connectivity index (χ1v) is 8.22. The van der Waals surface area contributed by atoms with Crippen molar-refractivity contribution in [2.45, 2.75) is 65.0 Å². The molecule has 1 heterocycles. The maximum absolute atomic E-state index is 6.15. The van der Waals surface area contributed by atoms with Crippen LogP contribution in [0.3, 0.4) is 0 Å². The second kappa shape index (κ2) is 8.93. The minimum atomic E-state index is 0.352. The Balaban J connectivity index is 2.30. The van der Waals surface area contributed by atoms with Gasteiger partial charge in [-0.3, -0.25) is 0 Å². The van der Waals surface area contributed by atoms with Crippen molar-refractivity contribution in [2.24, 2.45) is 11.7 Å². The SMILES string of the molecule is CCCN1CCCC(N(C)CCC(N)C(C)C)CC1. The van der Waals surface area contributed by atoms with Crippen molar-refractivity contribution < 1.29 is 0 Å². The highest BCUT2D eigenvalue weighted by atomic mass is 15.2. The monoisotopic (exact) mass is 269 g/mol. The summed E-state index contributed by atoms with van der Waals surface area (Å²) >= 11 is 0. The van der Waals surface area contributed by atoms with E-state index in [0.29, 0.717) is 12.0 Å². The van der Waals surface area contributed by atoms with Gasteiger partial charge >= 0.3 is 0 Å². The van der Waals surface area contributed by atoms with Crippen LogP contribution in [0.15, 0.2) is 0 Å². The first-order valence-electron chi connectivity index (χ1n) is 8.22. The van der Waals surface area contributed by atoms with Gasteiger partial charge < -0.3 is 15.5 Å². The Kier molecular flexibility index (Phi) is 7.96.